The van der Waals surface area contributed by atoms with Crippen LogP contribution in [0.4, 0.5) is 0 Å². The average molecular weight is 266 g/mol. The molecule has 1 atom stereocenters. The van der Waals surface area contributed by atoms with Crippen LogP contribution in [0.2, 0.25) is 0 Å². The summed E-state index contributed by atoms with van der Waals surface area (Å²) in [7, 11) is 0. The van der Waals surface area contributed by atoms with E-state index in [0.29, 0.717) is 12.5 Å². The normalized spacial score (nSPS) is 12.1. The molecule has 1 rings (SSSR count). The van der Waals surface area contributed by atoms with Crippen LogP contribution in [0.5, 0.6) is 0 Å². The summed E-state index contributed by atoms with van der Waals surface area (Å²) in [6, 6.07) is 0. The number of imidazole rings is 1. The lowest BCUT2D eigenvalue weighted by molar-refractivity contribution is -0.144. The van der Waals surface area contributed by atoms with Crippen LogP contribution in [0.1, 0.15) is 56.6 Å². The molecule has 0 bridgehead atoms. The maximum Gasteiger partial charge on any atom is 0.313 e. The number of aromatic amines is 1. The molecule has 1 aromatic heterocycles. The van der Waals surface area contributed by atoms with Gasteiger partial charge in [0.2, 0.25) is 5.78 Å². The van der Waals surface area contributed by atoms with E-state index in [1.54, 1.807) is 6.20 Å². The minimum Gasteiger partial charge on any atom is -0.465 e. The number of esters is 1. The summed E-state index contributed by atoms with van der Waals surface area (Å²) in [5.41, 5.74) is 0. The summed E-state index contributed by atoms with van der Waals surface area (Å²) in [6.45, 7) is 4.63. The van der Waals surface area contributed by atoms with Crippen LogP contribution in [-0.4, -0.2) is 28.3 Å². The van der Waals surface area contributed by atoms with Crippen molar-refractivity contribution in [2.75, 3.05) is 6.61 Å². The minimum atomic E-state index is -0.476. The molecule has 1 aromatic rings. The Balaban J connectivity index is 2.29. The predicted octanol–water partition coefficient (Wildman–Crippen LogP) is 2.74. The molecule has 106 valence electrons. The number of hydrogen-bond acceptors (Lipinski definition) is 4. The van der Waals surface area contributed by atoms with Gasteiger partial charge in [0.1, 0.15) is 6.42 Å². The number of carbonyl (C=O) groups excluding carboxylic acids is 2. The molecule has 0 aliphatic heterocycles. The van der Waals surface area contributed by atoms with Crippen molar-refractivity contribution in [2.24, 2.45) is 5.92 Å². The molecule has 1 heterocycles. The maximum absolute atomic E-state index is 11.6. The van der Waals surface area contributed by atoms with Crippen molar-refractivity contribution in [1.82, 2.24) is 9.97 Å². The van der Waals surface area contributed by atoms with Gasteiger partial charge in [-0.15, -0.1) is 0 Å². The van der Waals surface area contributed by atoms with E-state index in [2.05, 4.69) is 23.8 Å². The molecule has 1 N–H and O–H groups in total. The second kappa shape index (κ2) is 8.45. The third kappa shape index (κ3) is 5.68. The van der Waals surface area contributed by atoms with Crippen LogP contribution in [-0.2, 0) is 9.53 Å². The number of hydrogen-bond donors (Lipinski definition) is 1. The van der Waals surface area contributed by atoms with Crippen molar-refractivity contribution in [3.63, 3.8) is 0 Å². The van der Waals surface area contributed by atoms with Gasteiger partial charge in [-0.3, -0.25) is 9.59 Å². The van der Waals surface area contributed by atoms with E-state index in [9.17, 15) is 9.59 Å². The smallest absolute Gasteiger partial charge is 0.313 e. The summed E-state index contributed by atoms with van der Waals surface area (Å²) < 4.78 is 5.16. The number of ether oxygens (including phenoxy) is 1. The topological polar surface area (TPSA) is 72.1 Å². The van der Waals surface area contributed by atoms with E-state index in [-0.39, 0.29) is 18.0 Å². The van der Waals surface area contributed by atoms with Gasteiger partial charge in [-0.25, -0.2) is 4.98 Å². The summed E-state index contributed by atoms with van der Waals surface area (Å²) in [6.07, 6.45) is 7.11. The molecule has 0 saturated carbocycles. The molecule has 0 amide bonds. The third-order valence-corrected chi connectivity index (χ3v) is 3.09. The molecule has 5 heteroatoms. The second-order valence-corrected chi connectivity index (χ2v) is 4.64. The van der Waals surface area contributed by atoms with Crippen LogP contribution < -0.4 is 0 Å². The quantitative estimate of drug-likeness (QED) is 0.424. The fourth-order valence-corrected chi connectivity index (χ4v) is 1.79. The van der Waals surface area contributed by atoms with Crippen molar-refractivity contribution in [2.45, 2.75) is 46.0 Å². The first-order valence-electron chi connectivity index (χ1n) is 6.85. The molecule has 1 unspecified atom stereocenters. The lowest BCUT2D eigenvalue weighted by Gasteiger charge is -2.14. The zero-order chi connectivity index (χ0) is 14.1. The molecule has 0 fully saturated rings. The highest BCUT2D eigenvalue weighted by molar-refractivity contribution is 6.03. The van der Waals surface area contributed by atoms with Crippen LogP contribution in [0.25, 0.3) is 0 Å². The van der Waals surface area contributed by atoms with Crippen LogP contribution in [0.15, 0.2) is 12.4 Å². The third-order valence-electron chi connectivity index (χ3n) is 3.09. The molecule has 0 aromatic carbocycles. The van der Waals surface area contributed by atoms with Crippen molar-refractivity contribution in [3.05, 3.63) is 18.2 Å². The fourth-order valence-electron chi connectivity index (χ4n) is 1.79. The highest BCUT2D eigenvalue weighted by atomic mass is 16.5. The monoisotopic (exact) mass is 266 g/mol. The number of Topliss-reactive ketones (excluding diaryl/α,β-unsaturated/α-hetero) is 1. The number of ketones is 1. The van der Waals surface area contributed by atoms with Gasteiger partial charge in [-0.2, -0.15) is 0 Å². The van der Waals surface area contributed by atoms with Gasteiger partial charge < -0.3 is 9.72 Å². The van der Waals surface area contributed by atoms with E-state index >= 15 is 0 Å². The van der Waals surface area contributed by atoms with E-state index < -0.39 is 5.97 Å². The Morgan fingerprint density at radius 1 is 1.42 bits per heavy atom. The number of aromatic nitrogens is 2. The molecular weight excluding hydrogens is 244 g/mol. The van der Waals surface area contributed by atoms with Gasteiger partial charge in [-0.1, -0.05) is 33.1 Å². The first-order chi connectivity index (χ1) is 9.17. The van der Waals surface area contributed by atoms with Gasteiger partial charge in [0, 0.05) is 12.4 Å². The number of H-pyrrole nitrogens is 1. The van der Waals surface area contributed by atoms with Gasteiger partial charge in [0.15, 0.2) is 5.82 Å². The zero-order valence-corrected chi connectivity index (χ0v) is 11.6. The molecule has 5 nitrogen and oxygen atoms in total. The van der Waals surface area contributed by atoms with Crippen molar-refractivity contribution in [1.29, 1.82) is 0 Å². The van der Waals surface area contributed by atoms with Crippen LogP contribution in [0, 0.1) is 5.92 Å². The summed E-state index contributed by atoms with van der Waals surface area (Å²) >= 11 is 0. The lowest BCUT2D eigenvalue weighted by Crippen LogP contribution is -2.17. The Labute approximate surface area is 113 Å². The Morgan fingerprint density at radius 2 is 2.21 bits per heavy atom. The van der Waals surface area contributed by atoms with E-state index in [0.717, 1.165) is 25.7 Å². The van der Waals surface area contributed by atoms with Crippen LogP contribution >= 0.6 is 0 Å². The van der Waals surface area contributed by atoms with Crippen molar-refractivity contribution < 1.29 is 14.3 Å². The highest BCUT2D eigenvalue weighted by Crippen LogP contribution is 2.13. The van der Waals surface area contributed by atoms with E-state index in [1.807, 2.05) is 0 Å². The Kier molecular flexibility index (Phi) is 6.85. The molecule has 0 saturated heterocycles. The minimum absolute atomic E-state index is 0.204. The van der Waals surface area contributed by atoms with Gasteiger partial charge >= 0.3 is 5.97 Å². The number of nitrogens with one attached hydrogen (secondary N) is 1. The van der Waals surface area contributed by atoms with E-state index in [1.165, 1.54) is 6.20 Å². The molecule has 0 radical (unpaired) electrons. The first-order valence-corrected chi connectivity index (χ1v) is 6.85. The summed E-state index contributed by atoms with van der Waals surface area (Å²) in [4.78, 5) is 29.7. The average Bonchev–Trinajstić information content (AvgIpc) is 2.93. The fraction of sp³-hybridized carbons (Fsp3) is 0.643. The number of carbonyl (C=O) groups is 2. The van der Waals surface area contributed by atoms with Crippen molar-refractivity contribution in [3.8, 4) is 0 Å². The van der Waals surface area contributed by atoms with Gasteiger partial charge in [0.25, 0.3) is 0 Å². The maximum atomic E-state index is 11.6. The number of rotatable bonds is 9. The van der Waals surface area contributed by atoms with Crippen molar-refractivity contribution >= 4 is 11.8 Å². The molecule has 0 aliphatic rings. The second-order valence-electron chi connectivity index (χ2n) is 4.64. The summed E-state index contributed by atoms with van der Waals surface area (Å²) in [5, 5.41) is 0. The van der Waals surface area contributed by atoms with Crippen LogP contribution in [0.3, 0.4) is 0 Å². The molecule has 19 heavy (non-hydrogen) atoms. The predicted molar refractivity (Wildman–Crippen MR) is 71.8 cm³/mol. The number of unbranched alkanes of at least 4 members (excludes halogenated alkanes) is 1. The standard InChI is InChI=1S/C14H22N2O3/c1-3-5-6-11(4-2)10-19-13(18)9-12(17)14-15-7-8-16-14/h7-8,11H,3-6,9-10H2,1-2H3,(H,15,16). The first kappa shape index (κ1) is 15.4. The zero-order valence-electron chi connectivity index (χ0n) is 11.6. The highest BCUT2D eigenvalue weighted by Gasteiger charge is 2.16. The Bertz CT molecular complexity index is 387. The molecule has 0 aliphatic carbocycles. The van der Waals surface area contributed by atoms with Gasteiger partial charge in [0.05, 0.1) is 6.61 Å². The van der Waals surface area contributed by atoms with Gasteiger partial charge in [-0.05, 0) is 12.3 Å². The summed E-state index contributed by atoms with van der Waals surface area (Å²) in [5.74, 6) is -0.217. The molecule has 0 spiro atoms. The van der Waals surface area contributed by atoms with E-state index in [4.69, 9.17) is 4.74 Å². The lowest BCUT2D eigenvalue weighted by atomic mass is 10.0. The molecular formula is C14H22N2O3. The Morgan fingerprint density at radius 3 is 2.79 bits per heavy atom. The number of nitrogens with zero attached hydrogens (tertiary/aromatic N) is 1. The SMILES string of the molecule is CCCCC(CC)COC(=O)CC(=O)c1ncc[nH]1. The largest absolute Gasteiger partial charge is 0.465 e. The Hall–Kier alpha value is -1.65.